The maximum atomic E-state index is 11.8. The smallest absolute Gasteiger partial charge is 0.287 e. The molecule has 2 N–H and O–H groups in total. The van der Waals surface area contributed by atoms with Gasteiger partial charge in [-0.2, -0.15) is 0 Å². The number of piperidine rings is 1. The molecule has 4 heteroatoms. The van der Waals surface area contributed by atoms with Crippen molar-refractivity contribution in [3.63, 3.8) is 0 Å². The molecule has 0 unspecified atom stereocenters. The van der Waals surface area contributed by atoms with E-state index in [9.17, 15) is 4.79 Å². The van der Waals surface area contributed by atoms with Crippen LogP contribution in [0.4, 0.5) is 0 Å². The SMILES string of the molecule is CCc1ccc(C(=O)N[C@H]2CCCNC2)o1. The minimum absolute atomic E-state index is 0.103. The van der Waals surface area contributed by atoms with Crippen LogP contribution < -0.4 is 10.6 Å². The van der Waals surface area contributed by atoms with Gasteiger partial charge in [-0.1, -0.05) is 6.92 Å². The fraction of sp³-hybridized carbons (Fsp3) is 0.583. The average Bonchev–Trinajstić information content (AvgIpc) is 2.79. The monoisotopic (exact) mass is 222 g/mol. The molecule has 1 amide bonds. The van der Waals surface area contributed by atoms with Gasteiger partial charge in [0.1, 0.15) is 5.76 Å². The average molecular weight is 222 g/mol. The van der Waals surface area contributed by atoms with E-state index in [-0.39, 0.29) is 11.9 Å². The van der Waals surface area contributed by atoms with Gasteiger partial charge in [-0.25, -0.2) is 0 Å². The van der Waals surface area contributed by atoms with Crippen LogP contribution in [0.3, 0.4) is 0 Å². The second-order valence-corrected chi connectivity index (χ2v) is 4.14. The third kappa shape index (κ3) is 2.64. The Hall–Kier alpha value is -1.29. The van der Waals surface area contributed by atoms with Crippen molar-refractivity contribution in [3.05, 3.63) is 23.7 Å². The van der Waals surface area contributed by atoms with Crippen molar-refractivity contribution >= 4 is 5.91 Å². The highest BCUT2D eigenvalue weighted by molar-refractivity contribution is 5.91. The zero-order valence-corrected chi connectivity index (χ0v) is 9.58. The maximum absolute atomic E-state index is 11.8. The largest absolute Gasteiger partial charge is 0.456 e. The van der Waals surface area contributed by atoms with E-state index in [2.05, 4.69) is 10.6 Å². The number of rotatable bonds is 3. The van der Waals surface area contributed by atoms with Gasteiger partial charge >= 0.3 is 0 Å². The summed E-state index contributed by atoms with van der Waals surface area (Å²) in [5.74, 6) is 1.17. The molecule has 2 heterocycles. The van der Waals surface area contributed by atoms with Gasteiger partial charge in [0.2, 0.25) is 0 Å². The van der Waals surface area contributed by atoms with Crippen LogP contribution in [0.25, 0.3) is 0 Å². The Bertz CT molecular complexity index is 354. The van der Waals surface area contributed by atoms with Gasteiger partial charge in [0.15, 0.2) is 5.76 Å². The molecule has 1 atom stereocenters. The predicted molar refractivity (Wildman–Crippen MR) is 61.4 cm³/mol. The molecule has 4 nitrogen and oxygen atoms in total. The summed E-state index contributed by atoms with van der Waals surface area (Å²) in [6.45, 7) is 3.91. The van der Waals surface area contributed by atoms with Gasteiger partial charge in [0.25, 0.3) is 5.91 Å². The number of carbonyl (C=O) groups excluding carboxylic acids is 1. The summed E-state index contributed by atoms with van der Waals surface area (Å²) >= 11 is 0. The summed E-state index contributed by atoms with van der Waals surface area (Å²) in [4.78, 5) is 11.8. The van der Waals surface area contributed by atoms with Gasteiger partial charge in [-0.3, -0.25) is 4.79 Å². The van der Waals surface area contributed by atoms with E-state index in [1.807, 2.05) is 13.0 Å². The van der Waals surface area contributed by atoms with Crippen molar-refractivity contribution in [2.24, 2.45) is 0 Å². The standard InChI is InChI=1S/C12H18N2O2/c1-2-10-5-6-11(16-10)12(15)14-9-4-3-7-13-8-9/h5-6,9,13H,2-4,7-8H2,1H3,(H,14,15)/t9-/m0/s1. The van der Waals surface area contributed by atoms with Crippen molar-refractivity contribution in [1.29, 1.82) is 0 Å². The van der Waals surface area contributed by atoms with Crippen LogP contribution in [0.1, 0.15) is 36.1 Å². The Morgan fingerprint density at radius 3 is 3.12 bits per heavy atom. The van der Waals surface area contributed by atoms with Crippen LogP contribution in [0.2, 0.25) is 0 Å². The van der Waals surface area contributed by atoms with E-state index in [0.29, 0.717) is 5.76 Å². The lowest BCUT2D eigenvalue weighted by Gasteiger charge is -2.23. The van der Waals surface area contributed by atoms with E-state index < -0.39 is 0 Å². The topological polar surface area (TPSA) is 54.3 Å². The fourth-order valence-corrected chi connectivity index (χ4v) is 1.92. The highest BCUT2D eigenvalue weighted by Crippen LogP contribution is 2.09. The number of carbonyl (C=O) groups is 1. The Balaban J connectivity index is 1.91. The van der Waals surface area contributed by atoms with E-state index in [1.54, 1.807) is 6.07 Å². The molecule has 0 bridgehead atoms. The molecule has 1 aromatic rings. The molecule has 2 rings (SSSR count). The number of nitrogens with one attached hydrogen (secondary N) is 2. The highest BCUT2D eigenvalue weighted by Gasteiger charge is 2.18. The van der Waals surface area contributed by atoms with Crippen LogP contribution >= 0.6 is 0 Å². The second kappa shape index (κ2) is 5.16. The van der Waals surface area contributed by atoms with Crippen LogP contribution in [0.15, 0.2) is 16.5 Å². The summed E-state index contributed by atoms with van der Waals surface area (Å²) in [6, 6.07) is 3.83. The Labute approximate surface area is 95.4 Å². The zero-order chi connectivity index (χ0) is 11.4. The minimum atomic E-state index is -0.103. The maximum Gasteiger partial charge on any atom is 0.287 e. The van der Waals surface area contributed by atoms with Crippen molar-refractivity contribution in [1.82, 2.24) is 10.6 Å². The first-order valence-corrected chi connectivity index (χ1v) is 5.90. The minimum Gasteiger partial charge on any atom is -0.456 e. The summed E-state index contributed by atoms with van der Waals surface area (Å²) in [5.41, 5.74) is 0. The molecule has 1 aliphatic rings. The summed E-state index contributed by atoms with van der Waals surface area (Å²) in [5, 5.41) is 6.24. The van der Waals surface area contributed by atoms with E-state index >= 15 is 0 Å². The van der Waals surface area contributed by atoms with Crippen molar-refractivity contribution in [3.8, 4) is 0 Å². The molecule has 0 radical (unpaired) electrons. The van der Waals surface area contributed by atoms with Crippen LogP contribution in [-0.2, 0) is 6.42 Å². The van der Waals surface area contributed by atoms with Gasteiger partial charge in [0.05, 0.1) is 0 Å². The molecule has 0 aromatic carbocycles. The van der Waals surface area contributed by atoms with Crippen LogP contribution in [0.5, 0.6) is 0 Å². The molecule has 0 saturated carbocycles. The molecule has 16 heavy (non-hydrogen) atoms. The number of furan rings is 1. The third-order valence-electron chi connectivity index (χ3n) is 2.87. The zero-order valence-electron chi connectivity index (χ0n) is 9.58. The normalized spacial score (nSPS) is 20.7. The summed E-state index contributed by atoms with van der Waals surface area (Å²) < 4.78 is 5.40. The fourth-order valence-electron chi connectivity index (χ4n) is 1.92. The van der Waals surface area contributed by atoms with Crippen molar-refractivity contribution in [2.45, 2.75) is 32.2 Å². The van der Waals surface area contributed by atoms with E-state index in [4.69, 9.17) is 4.42 Å². The lowest BCUT2D eigenvalue weighted by Crippen LogP contribution is -2.45. The first-order valence-electron chi connectivity index (χ1n) is 5.90. The second-order valence-electron chi connectivity index (χ2n) is 4.14. The van der Waals surface area contributed by atoms with Gasteiger partial charge in [-0.15, -0.1) is 0 Å². The molecule has 0 spiro atoms. The van der Waals surface area contributed by atoms with Crippen LogP contribution in [0, 0.1) is 0 Å². The molecular weight excluding hydrogens is 204 g/mol. The Kier molecular flexibility index (Phi) is 3.62. The molecular formula is C12H18N2O2. The van der Waals surface area contributed by atoms with Crippen molar-refractivity contribution in [2.75, 3.05) is 13.1 Å². The molecule has 0 aliphatic carbocycles. The molecule has 1 fully saturated rings. The number of hydrogen-bond donors (Lipinski definition) is 2. The predicted octanol–water partition coefficient (Wildman–Crippen LogP) is 1.32. The highest BCUT2D eigenvalue weighted by atomic mass is 16.3. The molecule has 1 saturated heterocycles. The van der Waals surface area contributed by atoms with Gasteiger partial charge < -0.3 is 15.1 Å². The first kappa shape index (κ1) is 11.2. The van der Waals surface area contributed by atoms with Crippen LogP contribution in [-0.4, -0.2) is 25.0 Å². The van der Waals surface area contributed by atoms with Gasteiger partial charge in [-0.05, 0) is 31.5 Å². The summed E-state index contributed by atoms with van der Waals surface area (Å²) in [6.07, 6.45) is 2.97. The lowest BCUT2D eigenvalue weighted by molar-refractivity contribution is 0.0901. The number of amides is 1. The molecule has 1 aromatic heterocycles. The quantitative estimate of drug-likeness (QED) is 0.811. The van der Waals surface area contributed by atoms with Gasteiger partial charge in [0, 0.05) is 19.0 Å². The number of hydrogen-bond acceptors (Lipinski definition) is 3. The first-order chi connectivity index (χ1) is 7.79. The van der Waals surface area contributed by atoms with E-state index in [0.717, 1.165) is 38.1 Å². The third-order valence-corrected chi connectivity index (χ3v) is 2.87. The van der Waals surface area contributed by atoms with E-state index in [1.165, 1.54) is 0 Å². The Morgan fingerprint density at radius 1 is 1.62 bits per heavy atom. The number of aryl methyl sites for hydroxylation is 1. The Morgan fingerprint density at radius 2 is 2.50 bits per heavy atom. The molecule has 88 valence electrons. The van der Waals surface area contributed by atoms with Crippen molar-refractivity contribution < 1.29 is 9.21 Å². The summed E-state index contributed by atoms with van der Waals surface area (Å²) in [7, 11) is 0. The molecule has 1 aliphatic heterocycles. The lowest BCUT2D eigenvalue weighted by atomic mass is 10.1.